The summed E-state index contributed by atoms with van der Waals surface area (Å²) in [5.74, 6) is -9.34. The van der Waals surface area contributed by atoms with E-state index in [9.17, 15) is 38.4 Å². The zero-order valence-corrected chi connectivity index (χ0v) is 35.2. The van der Waals surface area contributed by atoms with E-state index >= 15 is 26.3 Å². The van der Waals surface area contributed by atoms with E-state index in [4.69, 9.17) is 9.47 Å². The average molecular weight is 893 g/mol. The molecule has 0 radical (unpaired) electrons. The van der Waals surface area contributed by atoms with E-state index in [0.29, 0.717) is 34.1 Å². The highest BCUT2D eigenvalue weighted by Gasteiger charge is 2.73. The van der Waals surface area contributed by atoms with Crippen molar-refractivity contribution in [3.8, 4) is 0 Å². The molecule has 0 aliphatic carbocycles. The van der Waals surface area contributed by atoms with Crippen molar-refractivity contribution in [1.29, 1.82) is 0 Å². The second-order valence-electron chi connectivity index (χ2n) is 15.9. The van der Waals surface area contributed by atoms with Gasteiger partial charge in [0.15, 0.2) is 0 Å². The lowest BCUT2D eigenvalue weighted by molar-refractivity contribution is -0.288. The topological polar surface area (TPSA) is 186 Å². The molecule has 4 rings (SSSR count). The van der Waals surface area contributed by atoms with Gasteiger partial charge in [0.25, 0.3) is 23.6 Å². The van der Waals surface area contributed by atoms with Crippen LogP contribution in [0.4, 0.5) is 26.3 Å². The van der Waals surface area contributed by atoms with Crippen LogP contribution in [0.2, 0.25) is 0 Å². The lowest BCUT2D eigenvalue weighted by Crippen LogP contribution is -2.55. The normalized spacial score (nSPS) is 15.0. The van der Waals surface area contributed by atoms with E-state index < -0.39 is 136 Å². The van der Waals surface area contributed by atoms with E-state index in [1.54, 1.807) is 27.7 Å². The molecule has 2 N–H and O–H groups in total. The molecule has 63 heavy (non-hydrogen) atoms. The third-order valence-electron chi connectivity index (χ3n) is 10.1. The van der Waals surface area contributed by atoms with Gasteiger partial charge >= 0.3 is 24.3 Å². The Morgan fingerprint density at radius 1 is 0.587 bits per heavy atom. The Kier molecular flexibility index (Phi) is 14.8. The van der Waals surface area contributed by atoms with Gasteiger partial charge in [-0.25, -0.2) is 9.59 Å². The molecular weight excluding hydrogens is 846 g/mol. The number of esters is 2. The SMILES string of the molecule is C=C(C)C(=O)NCCOC(=O)C(CC(C)C)N1C(=O)c2ccc(C(c3ccc4c(c3)C(=O)N(C(CC(C)C)C(=O)OCCNC(=O)C(=C)C)C4=O)(C(F)(F)F)C(F)(F)F)cc2C1=O. The quantitative estimate of drug-likeness (QED) is 0.0629. The molecule has 2 unspecified atom stereocenters. The van der Waals surface area contributed by atoms with Crippen LogP contribution in [0.3, 0.4) is 0 Å². The van der Waals surface area contributed by atoms with E-state index in [2.05, 4.69) is 23.8 Å². The third-order valence-corrected chi connectivity index (χ3v) is 10.1. The lowest BCUT2D eigenvalue weighted by Gasteiger charge is -2.38. The number of halogens is 6. The van der Waals surface area contributed by atoms with Crippen molar-refractivity contribution < 1.29 is 74.2 Å². The summed E-state index contributed by atoms with van der Waals surface area (Å²) in [6, 6.07) is -0.938. The molecule has 2 atom stereocenters. The summed E-state index contributed by atoms with van der Waals surface area (Å²) in [5.41, 5.74) is -10.9. The maximum Gasteiger partial charge on any atom is 0.411 e. The first kappa shape index (κ1) is 49.3. The number of benzene rings is 2. The fraction of sp³-hybridized carbons (Fsp3) is 0.442. The maximum atomic E-state index is 15.5. The fourth-order valence-electron chi connectivity index (χ4n) is 7.17. The maximum absolute atomic E-state index is 15.5. The average Bonchev–Trinajstić information content (AvgIpc) is 3.57. The Morgan fingerprint density at radius 3 is 1.19 bits per heavy atom. The van der Waals surface area contributed by atoms with Gasteiger partial charge in [-0.05, 0) is 73.9 Å². The second-order valence-corrected chi connectivity index (χ2v) is 15.9. The van der Waals surface area contributed by atoms with Crippen LogP contribution >= 0.6 is 0 Å². The number of hydrogen-bond donors (Lipinski definition) is 2. The molecule has 340 valence electrons. The number of ether oxygens (including phenoxy) is 2. The predicted octanol–water partition coefficient (Wildman–Crippen LogP) is 5.59. The number of hydrogen-bond acceptors (Lipinski definition) is 10. The van der Waals surface area contributed by atoms with Crippen molar-refractivity contribution in [2.45, 2.75) is 84.2 Å². The minimum Gasteiger partial charge on any atom is -0.462 e. The van der Waals surface area contributed by atoms with Gasteiger partial charge in [-0.15, -0.1) is 0 Å². The van der Waals surface area contributed by atoms with Crippen LogP contribution in [0.15, 0.2) is 60.7 Å². The smallest absolute Gasteiger partial charge is 0.411 e. The summed E-state index contributed by atoms with van der Waals surface area (Å²) < 4.78 is 103. The number of nitrogens with zero attached hydrogens (tertiary/aromatic N) is 2. The van der Waals surface area contributed by atoms with Crippen LogP contribution in [0.1, 0.15) is 107 Å². The van der Waals surface area contributed by atoms with E-state index in [1.807, 2.05) is 0 Å². The lowest BCUT2D eigenvalue weighted by atomic mass is 9.71. The molecule has 0 bridgehead atoms. The van der Waals surface area contributed by atoms with Gasteiger partial charge in [-0.1, -0.05) is 53.0 Å². The van der Waals surface area contributed by atoms with Crippen LogP contribution in [-0.2, 0) is 34.1 Å². The van der Waals surface area contributed by atoms with Crippen molar-refractivity contribution in [3.05, 3.63) is 94.1 Å². The molecule has 2 aromatic rings. The number of imide groups is 2. The van der Waals surface area contributed by atoms with Gasteiger partial charge in [0.1, 0.15) is 25.3 Å². The number of fused-ring (bicyclic) bond motifs is 2. The van der Waals surface area contributed by atoms with Gasteiger partial charge in [0.2, 0.25) is 17.2 Å². The van der Waals surface area contributed by atoms with Crippen molar-refractivity contribution in [1.82, 2.24) is 20.4 Å². The molecule has 2 aliphatic rings. The van der Waals surface area contributed by atoms with Crippen LogP contribution < -0.4 is 10.6 Å². The summed E-state index contributed by atoms with van der Waals surface area (Å²) >= 11 is 0. The largest absolute Gasteiger partial charge is 0.462 e. The molecular formula is C43H46F6N4O10. The van der Waals surface area contributed by atoms with Crippen molar-refractivity contribution >= 4 is 47.4 Å². The number of rotatable bonds is 18. The molecule has 0 saturated heterocycles. The summed E-state index contributed by atoms with van der Waals surface area (Å²) in [6.07, 6.45) is -13.0. The zero-order valence-electron chi connectivity index (χ0n) is 35.2. The summed E-state index contributed by atoms with van der Waals surface area (Å²) in [5, 5.41) is 4.82. The Labute approximate surface area is 358 Å². The highest BCUT2D eigenvalue weighted by atomic mass is 19.4. The highest BCUT2D eigenvalue weighted by Crippen LogP contribution is 2.57. The third kappa shape index (κ3) is 9.83. The first-order valence-electron chi connectivity index (χ1n) is 19.6. The Hall–Kier alpha value is -6.34. The molecule has 0 saturated carbocycles. The Bertz CT molecular complexity index is 2090. The minimum atomic E-state index is -6.27. The standard InChI is InChI=1S/C43H46F6N4O10/c1-21(2)17-31(39(60)62-15-13-50-33(54)23(5)6)52-35(56)27-11-9-25(19-29(27)37(52)58)41(42(44,45)46,43(47,48)49)26-10-12-28-30(20-26)38(59)53(36(28)57)32(18-22(3)4)40(61)63-16-14-51-34(55)24(7)8/h9-12,19-22,31-32H,5,7,13-18H2,1-4,6,8H3,(H,50,54)(H,51,55). The number of alkyl halides is 6. The molecule has 0 spiro atoms. The number of nitrogens with one attached hydrogen (secondary N) is 2. The van der Waals surface area contributed by atoms with Crippen molar-refractivity contribution in [2.24, 2.45) is 11.8 Å². The predicted molar refractivity (Wildman–Crippen MR) is 211 cm³/mol. The Morgan fingerprint density at radius 2 is 0.905 bits per heavy atom. The second kappa shape index (κ2) is 19.0. The van der Waals surface area contributed by atoms with Gasteiger partial charge < -0.3 is 20.1 Å². The van der Waals surface area contributed by atoms with Crippen molar-refractivity contribution in [2.75, 3.05) is 26.3 Å². The number of amides is 6. The summed E-state index contributed by atoms with van der Waals surface area (Å²) in [7, 11) is 0. The van der Waals surface area contributed by atoms with Gasteiger partial charge in [-0.2, -0.15) is 26.3 Å². The minimum absolute atomic E-state index is 0.154. The zero-order chi connectivity index (χ0) is 47.5. The van der Waals surface area contributed by atoms with E-state index in [0.717, 1.165) is 0 Å². The highest BCUT2D eigenvalue weighted by molar-refractivity contribution is 6.23. The van der Waals surface area contributed by atoms with Crippen LogP contribution in [0.5, 0.6) is 0 Å². The monoisotopic (exact) mass is 892 g/mol. The molecule has 2 aliphatic heterocycles. The van der Waals surface area contributed by atoms with Crippen LogP contribution in [0.25, 0.3) is 0 Å². The van der Waals surface area contributed by atoms with E-state index in [1.165, 1.54) is 13.8 Å². The van der Waals surface area contributed by atoms with E-state index in [-0.39, 0.29) is 49.2 Å². The fourth-order valence-corrected chi connectivity index (χ4v) is 7.17. The molecule has 6 amide bonds. The van der Waals surface area contributed by atoms with Gasteiger partial charge in [-0.3, -0.25) is 38.6 Å². The van der Waals surface area contributed by atoms with Crippen LogP contribution in [-0.4, -0.2) is 108 Å². The van der Waals surface area contributed by atoms with Crippen LogP contribution in [0, 0.1) is 11.8 Å². The Balaban J connectivity index is 1.76. The molecule has 14 nitrogen and oxygen atoms in total. The number of carbonyl (C=O) groups is 8. The molecule has 0 fully saturated rings. The first-order valence-corrected chi connectivity index (χ1v) is 19.6. The number of carbonyl (C=O) groups excluding carboxylic acids is 8. The summed E-state index contributed by atoms with van der Waals surface area (Å²) in [4.78, 5) is 106. The molecule has 20 heteroatoms. The van der Waals surface area contributed by atoms with Gasteiger partial charge in [0, 0.05) is 11.1 Å². The molecule has 2 heterocycles. The first-order chi connectivity index (χ1) is 29.2. The molecule has 2 aromatic carbocycles. The molecule has 0 aromatic heterocycles. The van der Waals surface area contributed by atoms with Gasteiger partial charge in [0.05, 0.1) is 35.3 Å². The van der Waals surface area contributed by atoms with Crippen molar-refractivity contribution in [3.63, 3.8) is 0 Å². The summed E-state index contributed by atoms with van der Waals surface area (Å²) in [6.45, 7) is 15.0.